The first-order valence-electron chi connectivity index (χ1n) is 5.61. The Bertz CT molecular complexity index is 684. The van der Waals surface area contributed by atoms with Crippen LogP contribution in [0, 0.1) is 17.0 Å². The molecule has 0 bridgehead atoms. The lowest BCUT2D eigenvalue weighted by Crippen LogP contribution is -2.04. The van der Waals surface area contributed by atoms with Crippen molar-refractivity contribution in [3.8, 4) is 11.5 Å². The van der Waals surface area contributed by atoms with Gasteiger partial charge in [0.25, 0.3) is 0 Å². The molecule has 20 heavy (non-hydrogen) atoms. The summed E-state index contributed by atoms with van der Waals surface area (Å²) in [6.07, 6.45) is 1.56. The number of rotatable bonds is 4. The molecule has 1 aromatic heterocycles. The van der Waals surface area contributed by atoms with E-state index in [1.165, 1.54) is 12.1 Å². The Hall–Kier alpha value is -2.96. The molecule has 7 heteroatoms. The van der Waals surface area contributed by atoms with Crippen molar-refractivity contribution in [1.82, 2.24) is 4.98 Å². The third-order valence-electron chi connectivity index (χ3n) is 2.59. The van der Waals surface area contributed by atoms with Gasteiger partial charge in [-0.2, -0.15) is 0 Å². The van der Waals surface area contributed by atoms with Gasteiger partial charge in [-0.1, -0.05) is 6.07 Å². The highest BCUT2D eigenvalue weighted by atomic mass is 16.6. The topological polar surface area (TPSA) is 103 Å². The van der Waals surface area contributed by atoms with Gasteiger partial charge in [0, 0.05) is 6.20 Å². The van der Waals surface area contributed by atoms with Crippen LogP contribution in [-0.2, 0) is 0 Å². The maximum atomic E-state index is 11.1. The van der Waals surface area contributed by atoms with Gasteiger partial charge in [0.15, 0.2) is 0 Å². The number of benzene rings is 1. The minimum Gasteiger partial charge on any atom is -0.477 e. The fourth-order valence-electron chi connectivity index (χ4n) is 1.66. The molecule has 0 aliphatic rings. The Morgan fingerprint density at radius 2 is 2.00 bits per heavy atom. The van der Waals surface area contributed by atoms with Gasteiger partial charge in [-0.3, -0.25) is 15.1 Å². The van der Waals surface area contributed by atoms with Crippen LogP contribution in [0.15, 0.2) is 36.5 Å². The molecule has 1 aromatic carbocycles. The molecule has 102 valence electrons. The zero-order valence-corrected chi connectivity index (χ0v) is 10.4. The molecular formula is C13H10N2O5. The fraction of sp³-hybridized carbons (Fsp3) is 0.0769. The standard InChI is InChI=1S/C13H10N2O5/c1-8-10(6-3-7-14-8)20-11-5-2-4-9(13(16)17)12(11)15(18)19/h2-7H,1H3,(H,16,17). The van der Waals surface area contributed by atoms with Crippen molar-refractivity contribution < 1.29 is 19.6 Å². The summed E-state index contributed by atoms with van der Waals surface area (Å²) in [5, 5.41) is 20.1. The third-order valence-corrected chi connectivity index (χ3v) is 2.59. The third kappa shape index (κ3) is 2.56. The van der Waals surface area contributed by atoms with Crippen molar-refractivity contribution in [2.45, 2.75) is 6.92 Å². The largest absolute Gasteiger partial charge is 0.477 e. The van der Waals surface area contributed by atoms with Gasteiger partial charge in [0.1, 0.15) is 11.3 Å². The van der Waals surface area contributed by atoms with Crippen LogP contribution in [0.1, 0.15) is 16.1 Å². The van der Waals surface area contributed by atoms with Gasteiger partial charge in [-0.15, -0.1) is 0 Å². The number of carbonyl (C=O) groups is 1. The molecule has 0 spiro atoms. The fourth-order valence-corrected chi connectivity index (χ4v) is 1.66. The molecule has 0 radical (unpaired) electrons. The number of nitro groups is 1. The molecule has 0 unspecified atom stereocenters. The summed E-state index contributed by atoms with van der Waals surface area (Å²) in [6, 6.07) is 7.10. The van der Waals surface area contributed by atoms with Crippen LogP contribution in [0.5, 0.6) is 11.5 Å². The van der Waals surface area contributed by atoms with Crippen molar-refractivity contribution in [3.05, 3.63) is 57.9 Å². The quantitative estimate of drug-likeness (QED) is 0.679. The summed E-state index contributed by atoms with van der Waals surface area (Å²) >= 11 is 0. The van der Waals surface area contributed by atoms with E-state index in [4.69, 9.17) is 9.84 Å². The predicted molar refractivity (Wildman–Crippen MR) is 69.1 cm³/mol. The van der Waals surface area contributed by atoms with Crippen LogP contribution in [0.2, 0.25) is 0 Å². The molecule has 0 aliphatic heterocycles. The predicted octanol–water partition coefficient (Wildman–Crippen LogP) is 2.79. The number of carboxylic acid groups (broad SMARTS) is 1. The number of nitro benzene ring substituents is 1. The SMILES string of the molecule is Cc1ncccc1Oc1cccc(C(=O)O)c1[N+](=O)[O-]. The monoisotopic (exact) mass is 274 g/mol. The van der Waals surface area contributed by atoms with E-state index in [2.05, 4.69) is 4.98 Å². The van der Waals surface area contributed by atoms with Crippen molar-refractivity contribution in [2.24, 2.45) is 0 Å². The summed E-state index contributed by atoms with van der Waals surface area (Å²) in [6.45, 7) is 1.68. The first-order valence-corrected chi connectivity index (χ1v) is 5.61. The maximum Gasteiger partial charge on any atom is 0.342 e. The minimum atomic E-state index is -1.38. The molecule has 0 saturated heterocycles. The van der Waals surface area contributed by atoms with Gasteiger partial charge < -0.3 is 9.84 Å². The number of hydrogen-bond donors (Lipinski definition) is 1. The average molecular weight is 274 g/mol. The van der Waals surface area contributed by atoms with E-state index < -0.39 is 22.1 Å². The molecule has 0 saturated carbocycles. The van der Waals surface area contributed by atoms with Crippen LogP contribution < -0.4 is 4.74 Å². The van der Waals surface area contributed by atoms with E-state index in [1.807, 2.05) is 0 Å². The Balaban J connectivity index is 2.52. The molecule has 0 atom stereocenters. The summed E-state index contributed by atoms with van der Waals surface area (Å²) in [4.78, 5) is 25.3. The molecular weight excluding hydrogens is 264 g/mol. The minimum absolute atomic E-state index is 0.133. The molecule has 0 amide bonds. The zero-order valence-electron chi connectivity index (χ0n) is 10.4. The van der Waals surface area contributed by atoms with Gasteiger partial charge in [-0.05, 0) is 31.2 Å². The molecule has 1 heterocycles. The van der Waals surface area contributed by atoms with Crippen LogP contribution in [0.25, 0.3) is 0 Å². The number of pyridine rings is 1. The normalized spacial score (nSPS) is 10.1. The number of aromatic carboxylic acids is 1. The molecule has 0 fully saturated rings. The Morgan fingerprint density at radius 1 is 1.30 bits per heavy atom. The lowest BCUT2D eigenvalue weighted by atomic mass is 10.1. The summed E-state index contributed by atoms with van der Waals surface area (Å²) in [7, 11) is 0. The lowest BCUT2D eigenvalue weighted by molar-refractivity contribution is -0.386. The van der Waals surface area contributed by atoms with Gasteiger partial charge in [-0.25, -0.2) is 4.79 Å². The summed E-state index contributed by atoms with van der Waals surface area (Å²) < 4.78 is 5.42. The molecule has 1 N–H and O–H groups in total. The maximum absolute atomic E-state index is 11.1. The van der Waals surface area contributed by atoms with Crippen molar-refractivity contribution >= 4 is 11.7 Å². The number of nitrogens with zero attached hydrogens (tertiary/aromatic N) is 2. The Labute approximate surface area is 113 Å². The highest BCUT2D eigenvalue weighted by Gasteiger charge is 2.26. The highest BCUT2D eigenvalue weighted by Crippen LogP contribution is 2.34. The van der Waals surface area contributed by atoms with Crippen LogP contribution in [-0.4, -0.2) is 21.0 Å². The van der Waals surface area contributed by atoms with E-state index in [9.17, 15) is 14.9 Å². The Morgan fingerprint density at radius 3 is 2.60 bits per heavy atom. The number of aryl methyl sites for hydroxylation is 1. The Kier molecular flexibility index (Phi) is 3.60. The number of hydrogen-bond acceptors (Lipinski definition) is 5. The molecule has 2 aromatic rings. The van der Waals surface area contributed by atoms with Crippen molar-refractivity contribution in [1.29, 1.82) is 0 Å². The van der Waals surface area contributed by atoms with Crippen LogP contribution in [0.3, 0.4) is 0 Å². The van der Waals surface area contributed by atoms with E-state index in [1.54, 1.807) is 25.3 Å². The number of aromatic nitrogens is 1. The van der Waals surface area contributed by atoms with Gasteiger partial charge >= 0.3 is 11.7 Å². The number of ether oxygens (including phenoxy) is 1. The number of carboxylic acids is 1. The van der Waals surface area contributed by atoms with Gasteiger partial charge in [0.2, 0.25) is 5.75 Å². The summed E-state index contributed by atoms with van der Waals surface area (Å²) in [5.74, 6) is -1.19. The van der Waals surface area contributed by atoms with Gasteiger partial charge in [0.05, 0.1) is 10.6 Å². The van der Waals surface area contributed by atoms with Crippen molar-refractivity contribution in [2.75, 3.05) is 0 Å². The first-order chi connectivity index (χ1) is 9.50. The smallest absolute Gasteiger partial charge is 0.342 e. The molecule has 7 nitrogen and oxygen atoms in total. The zero-order chi connectivity index (χ0) is 14.7. The molecule has 0 aliphatic carbocycles. The first kappa shape index (κ1) is 13.5. The van der Waals surface area contributed by atoms with Crippen LogP contribution in [0.4, 0.5) is 5.69 Å². The second-order valence-electron chi connectivity index (χ2n) is 3.90. The van der Waals surface area contributed by atoms with Crippen molar-refractivity contribution in [3.63, 3.8) is 0 Å². The lowest BCUT2D eigenvalue weighted by Gasteiger charge is -2.09. The second kappa shape index (κ2) is 5.35. The average Bonchev–Trinajstić information content (AvgIpc) is 2.40. The summed E-state index contributed by atoms with van der Waals surface area (Å²) in [5.41, 5.74) is -0.458. The molecule has 2 rings (SSSR count). The highest BCUT2D eigenvalue weighted by molar-refractivity contribution is 5.93. The van der Waals surface area contributed by atoms with E-state index in [0.717, 1.165) is 6.07 Å². The van der Waals surface area contributed by atoms with E-state index in [-0.39, 0.29) is 5.75 Å². The number of para-hydroxylation sites is 1. The van der Waals surface area contributed by atoms with E-state index in [0.29, 0.717) is 11.4 Å². The van der Waals surface area contributed by atoms with Crippen LogP contribution >= 0.6 is 0 Å². The second-order valence-corrected chi connectivity index (χ2v) is 3.90. The van der Waals surface area contributed by atoms with E-state index >= 15 is 0 Å².